The number of hydrogen-bond donors (Lipinski definition) is 0. The smallest absolute Gasteiger partial charge is 0.233 e. The molecule has 0 fully saturated rings. The highest BCUT2D eigenvalue weighted by molar-refractivity contribution is 9.10. The lowest BCUT2D eigenvalue weighted by Gasteiger charge is -2.02. The van der Waals surface area contributed by atoms with Gasteiger partial charge < -0.3 is 4.74 Å². The molecule has 1 aromatic heterocycles. The van der Waals surface area contributed by atoms with E-state index in [9.17, 15) is 0 Å². The molecule has 0 spiro atoms. The highest BCUT2D eigenvalue weighted by Crippen LogP contribution is 2.25. The van der Waals surface area contributed by atoms with Crippen LogP contribution in [0.2, 0.25) is 5.02 Å². The highest BCUT2D eigenvalue weighted by atomic mass is 79.9. The third-order valence-corrected chi connectivity index (χ3v) is 3.11. The first-order valence-electron chi connectivity index (χ1n) is 4.14. The van der Waals surface area contributed by atoms with Crippen LogP contribution < -0.4 is 4.74 Å². The molecular formula is C10H7BrClN2O. The van der Waals surface area contributed by atoms with Gasteiger partial charge in [-0.15, -0.1) is 5.10 Å². The van der Waals surface area contributed by atoms with Crippen LogP contribution in [0.15, 0.2) is 34.9 Å². The molecule has 0 unspecified atom stereocenters. The topological polar surface area (TPSA) is 27.1 Å². The molecule has 0 amide bonds. The fraction of sp³-hybridized carbons (Fsp3) is 0. The van der Waals surface area contributed by atoms with Crippen molar-refractivity contribution in [1.29, 1.82) is 0 Å². The second-order valence-corrected chi connectivity index (χ2v) is 4.10. The zero-order chi connectivity index (χ0) is 10.8. The molecule has 1 aromatic carbocycles. The van der Waals surface area contributed by atoms with E-state index in [4.69, 9.17) is 16.3 Å². The Morgan fingerprint density at radius 3 is 2.80 bits per heavy atom. The lowest BCUT2D eigenvalue weighted by Crippen LogP contribution is -1.94. The van der Waals surface area contributed by atoms with E-state index in [2.05, 4.69) is 28.1 Å². The lowest BCUT2D eigenvalue weighted by molar-refractivity contribution is 0.448. The van der Waals surface area contributed by atoms with Crippen molar-refractivity contribution in [1.82, 2.24) is 9.78 Å². The lowest BCUT2D eigenvalue weighted by atomic mass is 10.3. The van der Waals surface area contributed by atoms with Crippen molar-refractivity contribution in [2.75, 3.05) is 0 Å². The Kier molecular flexibility index (Phi) is 2.98. The monoisotopic (exact) mass is 285 g/mol. The first-order valence-corrected chi connectivity index (χ1v) is 5.31. The van der Waals surface area contributed by atoms with Crippen LogP contribution in [0.3, 0.4) is 0 Å². The van der Waals surface area contributed by atoms with Crippen molar-refractivity contribution in [3.63, 3.8) is 0 Å². The quantitative estimate of drug-likeness (QED) is 0.845. The standard InChI is InChI=1S/C10H7BrClN2O/c1-15-10-4-5-14(13-10)7-2-3-8(11)9(12)6-7/h2-6H,1H2. The summed E-state index contributed by atoms with van der Waals surface area (Å²) in [6, 6.07) is 7.30. The molecule has 0 aliphatic carbocycles. The first-order chi connectivity index (χ1) is 7.20. The molecule has 5 heteroatoms. The molecule has 3 nitrogen and oxygen atoms in total. The summed E-state index contributed by atoms with van der Waals surface area (Å²) < 4.78 is 7.27. The van der Waals surface area contributed by atoms with Crippen molar-refractivity contribution in [2.24, 2.45) is 0 Å². The second kappa shape index (κ2) is 4.24. The number of benzene rings is 1. The third-order valence-electron chi connectivity index (χ3n) is 1.88. The van der Waals surface area contributed by atoms with Gasteiger partial charge in [0.2, 0.25) is 5.88 Å². The maximum absolute atomic E-state index is 5.97. The number of ether oxygens (including phenoxy) is 1. The van der Waals surface area contributed by atoms with E-state index in [1.54, 1.807) is 16.9 Å². The molecule has 0 atom stereocenters. The minimum atomic E-state index is 0.467. The van der Waals surface area contributed by atoms with Crippen molar-refractivity contribution in [3.8, 4) is 11.6 Å². The SMILES string of the molecule is [CH2]Oc1ccn(-c2ccc(Br)c(Cl)c2)n1. The maximum Gasteiger partial charge on any atom is 0.233 e. The van der Waals surface area contributed by atoms with Crippen molar-refractivity contribution >= 4 is 27.5 Å². The van der Waals surface area contributed by atoms with Gasteiger partial charge in [0.25, 0.3) is 0 Å². The van der Waals surface area contributed by atoms with Gasteiger partial charge in [0.05, 0.1) is 10.7 Å². The number of aromatic nitrogens is 2. The van der Waals surface area contributed by atoms with Crippen LogP contribution in [0, 0.1) is 7.11 Å². The predicted octanol–water partition coefficient (Wildman–Crippen LogP) is 3.46. The van der Waals surface area contributed by atoms with Crippen LogP contribution in [-0.4, -0.2) is 9.78 Å². The van der Waals surface area contributed by atoms with Gasteiger partial charge in [-0.05, 0) is 34.1 Å². The summed E-state index contributed by atoms with van der Waals surface area (Å²) in [4.78, 5) is 0. The van der Waals surface area contributed by atoms with Gasteiger partial charge >= 0.3 is 0 Å². The molecule has 2 aromatic rings. The Labute approximate surface area is 101 Å². The molecule has 2 rings (SSSR count). The van der Waals surface area contributed by atoms with Crippen molar-refractivity contribution < 1.29 is 4.74 Å². The zero-order valence-electron chi connectivity index (χ0n) is 7.65. The van der Waals surface area contributed by atoms with Gasteiger partial charge in [0.1, 0.15) is 7.11 Å². The molecule has 0 aliphatic heterocycles. The normalized spacial score (nSPS) is 10.3. The summed E-state index contributed by atoms with van der Waals surface area (Å²) in [6.07, 6.45) is 1.78. The Hall–Kier alpha value is -1.00. The molecule has 0 saturated carbocycles. The number of rotatable bonds is 2. The number of halogens is 2. The molecule has 0 N–H and O–H groups in total. The van der Waals surface area contributed by atoms with E-state index in [1.165, 1.54) is 0 Å². The van der Waals surface area contributed by atoms with Crippen LogP contribution in [0.5, 0.6) is 5.88 Å². The molecular weight excluding hydrogens is 279 g/mol. The Morgan fingerprint density at radius 1 is 1.40 bits per heavy atom. The van der Waals surface area contributed by atoms with Gasteiger partial charge in [0, 0.05) is 16.7 Å². The third kappa shape index (κ3) is 2.16. The van der Waals surface area contributed by atoms with E-state index in [1.807, 2.05) is 18.2 Å². The minimum absolute atomic E-state index is 0.467. The number of hydrogen-bond acceptors (Lipinski definition) is 2. The van der Waals surface area contributed by atoms with Gasteiger partial charge in [0.15, 0.2) is 0 Å². The second-order valence-electron chi connectivity index (χ2n) is 2.84. The summed E-state index contributed by atoms with van der Waals surface area (Å²) in [5.41, 5.74) is 0.867. The summed E-state index contributed by atoms with van der Waals surface area (Å²) >= 11 is 9.30. The van der Waals surface area contributed by atoms with Gasteiger partial charge in [-0.25, -0.2) is 4.68 Å². The fourth-order valence-corrected chi connectivity index (χ4v) is 1.58. The van der Waals surface area contributed by atoms with Crippen LogP contribution in [0.1, 0.15) is 0 Å². The molecule has 0 aliphatic rings. The summed E-state index contributed by atoms with van der Waals surface area (Å²) in [5.74, 6) is 0.467. The largest absolute Gasteiger partial charge is 0.473 e. The van der Waals surface area contributed by atoms with E-state index in [0.29, 0.717) is 10.9 Å². The van der Waals surface area contributed by atoms with Gasteiger partial charge in [-0.3, -0.25) is 0 Å². The van der Waals surface area contributed by atoms with Gasteiger partial charge in [-0.2, -0.15) is 0 Å². The average molecular weight is 287 g/mol. The van der Waals surface area contributed by atoms with Crippen LogP contribution in [0.4, 0.5) is 0 Å². The summed E-state index contributed by atoms with van der Waals surface area (Å²) in [6.45, 7) is 0. The molecule has 0 bridgehead atoms. The Bertz CT molecular complexity index is 484. The maximum atomic E-state index is 5.97. The van der Waals surface area contributed by atoms with E-state index >= 15 is 0 Å². The summed E-state index contributed by atoms with van der Waals surface area (Å²) in [5, 5.41) is 4.77. The Morgan fingerprint density at radius 2 is 2.20 bits per heavy atom. The minimum Gasteiger partial charge on any atom is -0.473 e. The van der Waals surface area contributed by atoms with Crippen LogP contribution >= 0.6 is 27.5 Å². The highest BCUT2D eigenvalue weighted by Gasteiger charge is 2.03. The van der Waals surface area contributed by atoms with E-state index < -0.39 is 0 Å². The predicted molar refractivity (Wildman–Crippen MR) is 62.3 cm³/mol. The van der Waals surface area contributed by atoms with Crippen LogP contribution in [-0.2, 0) is 0 Å². The molecule has 1 radical (unpaired) electrons. The summed E-state index contributed by atoms with van der Waals surface area (Å²) in [7, 11) is 3.29. The average Bonchev–Trinajstić information content (AvgIpc) is 2.70. The molecule has 1 heterocycles. The fourth-order valence-electron chi connectivity index (χ4n) is 1.16. The Balaban J connectivity index is 2.40. The van der Waals surface area contributed by atoms with Gasteiger partial charge in [-0.1, -0.05) is 11.6 Å². The van der Waals surface area contributed by atoms with Crippen molar-refractivity contribution in [3.05, 3.63) is 47.1 Å². The van der Waals surface area contributed by atoms with Crippen molar-refractivity contribution in [2.45, 2.75) is 0 Å². The zero-order valence-corrected chi connectivity index (χ0v) is 9.99. The molecule has 0 saturated heterocycles. The first kappa shape index (κ1) is 10.5. The number of nitrogens with zero attached hydrogens (tertiary/aromatic N) is 2. The molecule has 77 valence electrons. The van der Waals surface area contributed by atoms with E-state index in [-0.39, 0.29) is 0 Å². The van der Waals surface area contributed by atoms with E-state index in [0.717, 1.165) is 10.2 Å². The van der Waals surface area contributed by atoms with Crippen LogP contribution in [0.25, 0.3) is 5.69 Å². The molecule has 15 heavy (non-hydrogen) atoms.